The Bertz CT molecular complexity index is 3050. The van der Waals surface area contributed by atoms with Gasteiger partial charge >= 0.3 is 0 Å². The van der Waals surface area contributed by atoms with Gasteiger partial charge in [-0.3, -0.25) is 0 Å². The zero-order valence-electron chi connectivity index (χ0n) is 36.7. The van der Waals surface area contributed by atoms with Crippen LogP contribution in [-0.2, 0) is 16.2 Å². The minimum Gasteiger partial charge on any atom is -0.311 e. The molecule has 9 aromatic carbocycles. The first-order chi connectivity index (χ1) is 30.7. The molecule has 1 unspecified atom stereocenters. The fourth-order valence-corrected chi connectivity index (χ4v) is 11.1. The summed E-state index contributed by atoms with van der Waals surface area (Å²) in [7, 11) is 0. The summed E-state index contributed by atoms with van der Waals surface area (Å²) in [4.78, 5) is 2.38. The molecule has 0 aromatic heterocycles. The molecule has 304 valence electrons. The van der Waals surface area contributed by atoms with Crippen LogP contribution >= 0.6 is 0 Å². The van der Waals surface area contributed by atoms with Gasteiger partial charge in [-0.15, -0.1) is 0 Å². The summed E-state index contributed by atoms with van der Waals surface area (Å²) < 4.78 is 0. The monoisotopic (exact) mass is 809 g/mol. The Labute approximate surface area is 373 Å². The molecule has 0 saturated heterocycles. The minimum absolute atomic E-state index is 0.0222. The second kappa shape index (κ2) is 14.7. The summed E-state index contributed by atoms with van der Waals surface area (Å²) in [5.41, 5.74) is 22.4. The third-order valence-corrected chi connectivity index (χ3v) is 13.9. The Morgan fingerprint density at radius 3 is 1.30 bits per heavy atom. The van der Waals surface area contributed by atoms with Gasteiger partial charge in [0.15, 0.2) is 0 Å². The molecule has 0 saturated carbocycles. The third kappa shape index (κ3) is 6.05. The molecule has 2 aliphatic rings. The molecule has 1 atom stereocenters. The standard InChI is InChI=1S/C62H51N/c1-60(2,3)55-27-17-28-56-58(55)51-22-12-13-24-52(51)62(56)54-26-15-14-25-53(54)61(4,5)59-50(23-16-29-57(59)62)46-34-40-49(41-35-46)63(47-36-30-44(31-37-47)42-18-8-6-9-19-42)48-38-32-45(33-39-48)43-20-10-7-11-21-43/h6-41H,1-5H3. The zero-order chi connectivity index (χ0) is 42.9. The molecule has 1 spiro atoms. The summed E-state index contributed by atoms with van der Waals surface area (Å²) in [5, 5.41) is 0. The Hall–Kier alpha value is -7.22. The molecule has 0 N–H and O–H groups in total. The van der Waals surface area contributed by atoms with Crippen molar-refractivity contribution in [3.05, 3.63) is 257 Å². The highest BCUT2D eigenvalue weighted by atomic mass is 15.1. The second-order valence-electron chi connectivity index (χ2n) is 18.9. The van der Waals surface area contributed by atoms with Crippen molar-refractivity contribution < 1.29 is 0 Å². The van der Waals surface area contributed by atoms with Gasteiger partial charge in [0.05, 0.1) is 5.41 Å². The molecule has 11 rings (SSSR count). The topological polar surface area (TPSA) is 3.24 Å². The highest BCUT2D eigenvalue weighted by molar-refractivity contribution is 5.92. The average Bonchev–Trinajstić information content (AvgIpc) is 3.63. The quantitative estimate of drug-likeness (QED) is 0.162. The van der Waals surface area contributed by atoms with Gasteiger partial charge in [-0.25, -0.2) is 0 Å². The molecule has 63 heavy (non-hydrogen) atoms. The maximum atomic E-state index is 2.43. The van der Waals surface area contributed by atoms with E-state index in [1.54, 1.807) is 0 Å². The van der Waals surface area contributed by atoms with Crippen LogP contribution in [0.25, 0.3) is 44.5 Å². The van der Waals surface area contributed by atoms with Crippen LogP contribution in [0.15, 0.2) is 218 Å². The molecule has 0 fully saturated rings. The summed E-state index contributed by atoms with van der Waals surface area (Å²) in [5.74, 6) is 0. The van der Waals surface area contributed by atoms with Gasteiger partial charge in [0.1, 0.15) is 0 Å². The number of hydrogen-bond acceptors (Lipinski definition) is 1. The van der Waals surface area contributed by atoms with Crippen molar-refractivity contribution >= 4 is 17.1 Å². The summed E-state index contributed by atoms with van der Waals surface area (Å²) in [6.07, 6.45) is 0. The normalized spacial score (nSPS) is 15.6. The van der Waals surface area contributed by atoms with Crippen LogP contribution in [0, 0.1) is 0 Å². The summed E-state index contributed by atoms with van der Waals surface area (Å²) >= 11 is 0. The molecular formula is C62H51N. The fourth-order valence-electron chi connectivity index (χ4n) is 11.1. The van der Waals surface area contributed by atoms with E-state index in [1.807, 2.05) is 0 Å². The minimum atomic E-state index is -0.459. The Balaban J connectivity index is 1.07. The van der Waals surface area contributed by atoms with Crippen molar-refractivity contribution in [2.45, 2.75) is 50.9 Å². The van der Waals surface area contributed by atoms with Gasteiger partial charge in [0.25, 0.3) is 0 Å². The smallest absolute Gasteiger partial charge is 0.0719 e. The van der Waals surface area contributed by atoms with Gasteiger partial charge < -0.3 is 4.90 Å². The Morgan fingerprint density at radius 1 is 0.333 bits per heavy atom. The lowest BCUT2D eigenvalue weighted by Crippen LogP contribution is -2.41. The van der Waals surface area contributed by atoms with Gasteiger partial charge in [-0.05, 0) is 125 Å². The summed E-state index contributed by atoms with van der Waals surface area (Å²) in [6, 6.07) is 81.1. The van der Waals surface area contributed by atoms with E-state index in [2.05, 4.69) is 258 Å². The third-order valence-electron chi connectivity index (χ3n) is 13.9. The highest BCUT2D eigenvalue weighted by Crippen LogP contribution is 2.64. The van der Waals surface area contributed by atoms with Crippen LogP contribution in [0.5, 0.6) is 0 Å². The van der Waals surface area contributed by atoms with Crippen molar-refractivity contribution in [1.29, 1.82) is 0 Å². The number of fused-ring (bicyclic) bond motifs is 9. The lowest BCUT2D eigenvalue weighted by Gasteiger charge is -2.47. The molecule has 0 bridgehead atoms. The molecule has 1 heteroatoms. The van der Waals surface area contributed by atoms with Crippen molar-refractivity contribution in [2.24, 2.45) is 0 Å². The zero-order valence-corrected chi connectivity index (χ0v) is 36.7. The van der Waals surface area contributed by atoms with E-state index in [4.69, 9.17) is 0 Å². The Morgan fingerprint density at radius 2 is 0.746 bits per heavy atom. The van der Waals surface area contributed by atoms with Crippen LogP contribution in [-0.4, -0.2) is 0 Å². The molecule has 9 aromatic rings. The van der Waals surface area contributed by atoms with Gasteiger partial charge in [-0.2, -0.15) is 0 Å². The highest BCUT2D eigenvalue weighted by Gasteiger charge is 2.54. The van der Waals surface area contributed by atoms with Crippen LogP contribution < -0.4 is 4.90 Å². The van der Waals surface area contributed by atoms with Gasteiger partial charge in [0, 0.05) is 22.5 Å². The first kappa shape index (κ1) is 38.7. The van der Waals surface area contributed by atoms with Gasteiger partial charge in [0.2, 0.25) is 0 Å². The second-order valence-corrected chi connectivity index (χ2v) is 18.9. The molecule has 0 aliphatic heterocycles. The molecule has 0 heterocycles. The predicted octanol–water partition coefficient (Wildman–Crippen LogP) is 16.5. The first-order valence-electron chi connectivity index (χ1n) is 22.3. The van der Waals surface area contributed by atoms with E-state index in [0.717, 1.165) is 17.1 Å². The van der Waals surface area contributed by atoms with Crippen LogP contribution in [0.4, 0.5) is 17.1 Å². The van der Waals surface area contributed by atoms with E-state index in [1.165, 1.54) is 83.5 Å². The lowest BCUT2D eigenvalue weighted by atomic mass is 9.54. The van der Waals surface area contributed by atoms with Crippen molar-refractivity contribution in [2.75, 3.05) is 4.90 Å². The molecule has 2 aliphatic carbocycles. The van der Waals surface area contributed by atoms with E-state index >= 15 is 0 Å². The average molecular weight is 810 g/mol. The number of anilines is 3. The SMILES string of the molecule is CC(C)(C)c1cccc2c1-c1ccccc1C21c2ccccc2C(C)(C)c2c(-c3ccc(N(c4ccc(-c5ccccc5)cc4)c4ccc(-c5ccccc5)cc4)cc3)cccc21. The van der Waals surface area contributed by atoms with E-state index in [-0.39, 0.29) is 10.8 Å². The van der Waals surface area contributed by atoms with Crippen LogP contribution in [0.1, 0.15) is 73.6 Å². The van der Waals surface area contributed by atoms with Crippen LogP contribution in [0.3, 0.4) is 0 Å². The van der Waals surface area contributed by atoms with Crippen molar-refractivity contribution in [1.82, 2.24) is 0 Å². The molecule has 0 amide bonds. The van der Waals surface area contributed by atoms with Crippen molar-refractivity contribution in [3.63, 3.8) is 0 Å². The lowest BCUT2D eigenvalue weighted by molar-refractivity contribution is 0.563. The number of benzene rings is 9. The first-order valence-corrected chi connectivity index (χ1v) is 22.3. The summed E-state index contributed by atoms with van der Waals surface area (Å²) in [6.45, 7) is 11.9. The number of hydrogen-bond donors (Lipinski definition) is 0. The largest absolute Gasteiger partial charge is 0.311 e. The molecular weight excluding hydrogens is 759 g/mol. The van der Waals surface area contributed by atoms with E-state index < -0.39 is 5.41 Å². The van der Waals surface area contributed by atoms with Crippen LogP contribution in [0.2, 0.25) is 0 Å². The van der Waals surface area contributed by atoms with E-state index in [0.29, 0.717) is 0 Å². The van der Waals surface area contributed by atoms with Crippen molar-refractivity contribution in [3.8, 4) is 44.5 Å². The van der Waals surface area contributed by atoms with Gasteiger partial charge in [-0.1, -0.05) is 217 Å². The van der Waals surface area contributed by atoms with E-state index in [9.17, 15) is 0 Å². The number of rotatable bonds is 6. The predicted molar refractivity (Wildman–Crippen MR) is 266 cm³/mol. The fraction of sp³-hybridized carbons (Fsp3) is 0.129. The Kier molecular flexibility index (Phi) is 9.03. The number of nitrogens with zero attached hydrogens (tertiary/aromatic N) is 1. The maximum absolute atomic E-state index is 2.43. The molecule has 0 radical (unpaired) electrons. The maximum Gasteiger partial charge on any atom is 0.0719 e. The molecule has 1 nitrogen and oxygen atoms in total.